The second-order valence-electron chi connectivity index (χ2n) is 4.78. The van der Waals surface area contributed by atoms with E-state index in [2.05, 4.69) is 49.5 Å². The van der Waals surface area contributed by atoms with Crippen LogP contribution in [0.2, 0.25) is 0 Å². The van der Waals surface area contributed by atoms with Crippen molar-refractivity contribution in [1.82, 2.24) is 5.32 Å². The van der Waals surface area contributed by atoms with Crippen molar-refractivity contribution in [1.29, 1.82) is 0 Å². The monoisotopic (exact) mass is 215 g/mol. The summed E-state index contributed by atoms with van der Waals surface area (Å²) >= 11 is 0. The van der Waals surface area contributed by atoms with Gasteiger partial charge >= 0.3 is 0 Å². The number of benzene rings is 1. The van der Waals surface area contributed by atoms with E-state index in [0.29, 0.717) is 6.04 Å². The van der Waals surface area contributed by atoms with Gasteiger partial charge in [0.2, 0.25) is 0 Å². The van der Waals surface area contributed by atoms with E-state index in [4.69, 9.17) is 0 Å². The third kappa shape index (κ3) is 2.96. The summed E-state index contributed by atoms with van der Waals surface area (Å²) in [6.07, 6.45) is 8.46. The zero-order valence-electron chi connectivity index (χ0n) is 10.3. The first-order valence-electron chi connectivity index (χ1n) is 6.22. The van der Waals surface area contributed by atoms with Crippen LogP contribution in [0.1, 0.15) is 36.0 Å². The van der Waals surface area contributed by atoms with Crippen LogP contribution in [0.4, 0.5) is 0 Å². The van der Waals surface area contributed by atoms with E-state index in [1.165, 1.54) is 36.0 Å². The Labute approximate surface area is 98.6 Å². The first-order chi connectivity index (χ1) is 7.75. The molecule has 2 rings (SSSR count). The Bertz CT molecular complexity index is 379. The van der Waals surface area contributed by atoms with Crippen molar-refractivity contribution in [3.8, 4) is 0 Å². The smallest absolute Gasteiger partial charge is 0.0253 e. The summed E-state index contributed by atoms with van der Waals surface area (Å²) in [4.78, 5) is 0. The zero-order chi connectivity index (χ0) is 11.4. The van der Waals surface area contributed by atoms with Crippen molar-refractivity contribution in [2.45, 2.75) is 45.7 Å². The van der Waals surface area contributed by atoms with Crippen LogP contribution in [0.3, 0.4) is 0 Å². The molecule has 0 amide bonds. The number of allylic oxidation sites excluding steroid dienone is 1. The Morgan fingerprint density at radius 1 is 1.31 bits per heavy atom. The summed E-state index contributed by atoms with van der Waals surface area (Å²) in [5.41, 5.74) is 4.17. The van der Waals surface area contributed by atoms with E-state index < -0.39 is 0 Å². The highest BCUT2D eigenvalue weighted by atomic mass is 14.9. The molecule has 0 spiro atoms. The summed E-state index contributed by atoms with van der Waals surface area (Å²) in [5.74, 6) is 0. The predicted octanol–water partition coefficient (Wildman–Crippen LogP) is 3.50. The minimum atomic E-state index is 0.577. The van der Waals surface area contributed by atoms with E-state index >= 15 is 0 Å². The van der Waals surface area contributed by atoms with Crippen molar-refractivity contribution in [3.05, 3.63) is 47.0 Å². The summed E-state index contributed by atoms with van der Waals surface area (Å²) in [6, 6.07) is 7.26. The average molecular weight is 215 g/mol. The molecule has 0 fully saturated rings. The van der Waals surface area contributed by atoms with Crippen molar-refractivity contribution in [2.75, 3.05) is 0 Å². The molecule has 1 N–H and O–H groups in total. The standard InChI is InChI=1S/C15H21N/c1-12-8-9-13(2)14(10-12)11-16-15-6-4-3-5-7-15/h4,6,8-10,15-16H,3,5,7,11H2,1-2H3. The molecule has 0 bridgehead atoms. The second kappa shape index (κ2) is 5.31. The first-order valence-corrected chi connectivity index (χ1v) is 6.22. The van der Waals surface area contributed by atoms with E-state index in [1.807, 2.05) is 0 Å². The molecule has 0 saturated heterocycles. The van der Waals surface area contributed by atoms with Crippen LogP contribution in [0.25, 0.3) is 0 Å². The lowest BCUT2D eigenvalue weighted by Gasteiger charge is -2.18. The van der Waals surface area contributed by atoms with Gasteiger partial charge in [0.25, 0.3) is 0 Å². The lowest BCUT2D eigenvalue weighted by Crippen LogP contribution is -2.28. The molecule has 86 valence electrons. The molecule has 1 aromatic carbocycles. The van der Waals surface area contributed by atoms with Gasteiger partial charge in [0.15, 0.2) is 0 Å². The van der Waals surface area contributed by atoms with Gasteiger partial charge in [-0.15, -0.1) is 0 Å². The number of aryl methyl sites for hydroxylation is 2. The normalized spacial score (nSPS) is 20.0. The topological polar surface area (TPSA) is 12.0 Å². The molecule has 1 aromatic rings. The lowest BCUT2D eigenvalue weighted by atomic mass is 10.0. The van der Waals surface area contributed by atoms with Crippen molar-refractivity contribution in [3.63, 3.8) is 0 Å². The molecule has 1 aliphatic rings. The molecule has 0 heterocycles. The molecule has 1 heteroatoms. The maximum absolute atomic E-state index is 3.62. The molecule has 0 saturated carbocycles. The fourth-order valence-electron chi connectivity index (χ4n) is 2.21. The minimum Gasteiger partial charge on any atom is -0.306 e. The van der Waals surface area contributed by atoms with Gasteiger partial charge in [0.05, 0.1) is 0 Å². The Kier molecular flexibility index (Phi) is 3.79. The van der Waals surface area contributed by atoms with Gasteiger partial charge < -0.3 is 5.32 Å². The minimum absolute atomic E-state index is 0.577. The number of hydrogen-bond donors (Lipinski definition) is 1. The zero-order valence-corrected chi connectivity index (χ0v) is 10.3. The van der Waals surface area contributed by atoms with Crippen molar-refractivity contribution in [2.24, 2.45) is 0 Å². The maximum atomic E-state index is 3.62. The molecular formula is C15H21N. The van der Waals surface area contributed by atoms with E-state index in [9.17, 15) is 0 Å². The Morgan fingerprint density at radius 3 is 2.94 bits per heavy atom. The van der Waals surface area contributed by atoms with Gasteiger partial charge in [-0.25, -0.2) is 0 Å². The number of rotatable bonds is 3. The van der Waals surface area contributed by atoms with E-state index in [-0.39, 0.29) is 0 Å². The number of hydrogen-bond acceptors (Lipinski definition) is 1. The Morgan fingerprint density at radius 2 is 2.19 bits per heavy atom. The average Bonchev–Trinajstić information content (AvgIpc) is 2.32. The summed E-state index contributed by atoms with van der Waals surface area (Å²) in [5, 5.41) is 3.62. The van der Waals surface area contributed by atoms with Crippen LogP contribution in [0.15, 0.2) is 30.4 Å². The highest BCUT2D eigenvalue weighted by Crippen LogP contribution is 2.13. The first kappa shape index (κ1) is 11.4. The Hall–Kier alpha value is -1.08. The van der Waals surface area contributed by atoms with Crippen LogP contribution in [0, 0.1) is 13.8 Å². The SMILES string of the molecule is Cc1ccc(C)c(CNC2C=CCCC2)c1. The van der Waals surface area contributed by atoms with Gasteiger partial charge in [0, 0.05) is 12.6 Å². The lowest BCUT2D eigenvalue weighted by molar-refractivity contribution is 0.521. The van der Waals surface area contributed by atoms with Crippen molar-refractivity contribution >= 4 is 0 Å². The third-order valence-electron chi connectivity index (χ3n) is 3.31. The largest absolute Gasteiger partial charge is 0.306 e. The third-order valence-corrected chi connectivity index (χ3v) is 3.31. The second-order valence-corrected chi connectivity index (χ2v) is 4.78. The van der Waals surface area contributed by atoms with Gasteiger partial charge in [-0.3, -0.25) is 0 Å². The summed E-state index contributed by atoms with van der Waals surface area (Å²) < 4.78 is 0. The molecule has 1 nitrogen and oxygen atoms in total. The molecule has 16 heavy (non-hydrogen) atoms. The maximum Gasteiger partial charge on any atom is 0.0253 e. The fourth-order valence-corrected chi connectivity index (χ4v) is 2.21. The number of nitrogens with one attached hydrogen (secondary N) is 1. The molecule has 0 aromatic heterocycles. The molecule has 0 radical (unpaired) electrons. The molecule has 1 unspecified atom stereocenters. The van der Waals surface area contributed by atoms with Gasteiger partial charge in [-0.2, -0.15) is 0 Å². The summed E-state index contributed by atoms with van der Waals surface area (Å²) in [6.45, 7) is 5.33. The van der Waals surface area contributed by atoms with Gasteiger partial charge in [0.1, 0.15) is 0 Å². The van der Waals surface area contributed by atoms with E-state index in [0.717, 1.165) is 6.54 Å². The highest BCUT2D eigenvalue weighted by Gasteiger charge is 2.07. The van der Waals surface area contributed by atoms with Crippen LogP contribution in [-0.2, 0) is 6.54 Å². The Balaban J connectivity index is 1.95. The van der Waals surface area contributed by atoms with Crippen LogP contribution in [0.5, 0.6) is 0 Å². The molecular weight excluding hydrogens is 194 g/mol. The molecule has 0 aliphatic heterocycles. The predicted molar refractivity (Wildman–Crippen MR) is 69.5 cm³/mol. The van der Waals surface area contributed by atoms with Gasteiger partial charge in [-0.05, 0) is 44.2 Å². The van der Waals surface area contributed by atoms with Crippen LogP contribution >= 0.6 is 0 Å². The van der Waals surface area contributed by atoms with Crippen LogP contribution in [-0.4, -0.2) is 6.04 Å². The molecule has 1 atom stereocenters. The summed E-state index contributed by atoms with van der Waals surface area (Å²) in [7, 11) is 0. The van der Waals surface area contributed by atoms with Crippen molar-refractivity contribution < 1.29 is 0 Å². The highest BCUT2D eigenvalue weighted by molar-refractivity contribution is 5.30. The molecule has 1 aliphatic carbocycles. The van der Waals surface area contributed by atoms with Crippen LogP contribution < -0.4 is 5.32 Å². The van der Waals surface area contributed by atoms with Gasteiger partial charge in [-0.1, -0.05) is 35.9 Å². The quantitative estimate of drug-likeness (QED) is 0.761. The van der Waals surface area contributed by atoms with E-state index in [1.54, 1.807) is 0 Å². The fraction of sp³-hybridized carbons (Fsp3) is 0.467.